The van der Waals surface area contributed by atoms with Crippen LogP contribution in [0.4, 0.5) is 0 Å². The van der Waals surface area contributed by atoms with E-state index in [-0.39, 0.29) is 43.4 Å². The molecule has 0 aromatic heterocycles. The third kappa shape index (κ3) is 27.7. The van der Waals surface area contributed by atoms with E-state index in [1.54, 1.807) is 6.08 Å². The maximum Gasteiger partial charge on any atom is 0.306 e. The molecule has 0 saturated heterocycles. The van der Waals surface area contributed by atoms with Crippen LogP contribution in [0.1, 0.15) is 207 Å². The smallest absolute Gasteiger partial charge is 0.306 e. The van der Waals surface area contributed by atoms with Gasteiger partial charge in [-0.3, -0.25) is 9.59 Å². The minimum Gasteiger partial charge on any atom is -0.462 e. The lowest BCUT2D eigenvalue weighted by Gasteiger charge is -2.21. The van der Waals surface area contributed by atoms with Crippen molar-refractivity contribution < 1.29 is 39.5 Å². The van der Waals surface area contributed by atoms with Gasteiger partial charge in [-0.15, -0.1) is 0 Å². The zero-order chi connectivity index (χ0) is 38.9. The second-order valence-electron chi connectivity index (χ2n) is 16.6. The van der Waals surface area contributed by atoms with Crippen LogP contribution in [0.2, 0.25) is 0 Å². The van der Waals surface area contributed by atoms with Crippen molar-refractivity contribution in [3.05, 3.63) is 12.2 Å². The second-order valence-corrected chi connectivity index (χ2v) is 16.6. The minimum absolute atomic E-state index is 0.0320. The average molecular weight is 753 g/mol. The summed E-state index contributed by atoms with van der Waals surface area (Å²) in [6, 6.07) is 0. The van der Waals surface area contributed by atoms with E-state index < -0.39 is 24.4 Å². The van der Waals surface area contributed by atoms with Gasteiger partial charge in [-0.2, -0.15) is 0 Å². The molecule has 0 aromatic carbocycles. The van der Waals surface area contributed by atoms with E-state index in [2.05, 4.69) is 20.8 Å². The topological polar surface area (TPSA) is 134 Å². The quantitative estimate of drug-likeness (QED) is 0.0282. The molecule has 0 radical (unpaired) electrons. The Kier molecular flexibility index (Phi) is 31.6. The van der Waals surface area contributed by atoms with Crippen LogP contribution in [0.3, 0.4) is 0 Å². The summed E-state index contributed by atoms with van der Waals surface area (Å²) in [5, 5.41) is 40.8. The standard InChI is InChI=1S/C45H84O8/c1-4-5-22-28-38(47)32-33-41-40(42(48)34-43(41)49)29-24-20-21-25-30-44(50)52-36-39(35-46)53-45(51)31-26-19-17-15-13-11-9-7-6-8-10-12-14-16-18-23-27-37(2)3/h32-33,37-43,46-49H,4-31,34-36H2,1-3H3/b33-32+/t38-,39-,40+,41+,42-,43+/m0/s1. The van der Waals surface area contributed by atoms with Crippen molar-refractivity contribution in [1.29, 1.82) is 0 Å². The van der Waals surface area contributed by atoms with Crippen molar-refractivity contribution in [2.75, 3.05) is 13.2 Å². The fourth-order valence-corrected chi connectivity index (χ4v) is 7.66. The SMILES string of the molecule is CCCCC[C@H](O)/C=C/[C@@H]1[C@@H](CCCCCCC(=O)OC[C@H](CO)OC(=O)CCCCCCCCCCCCCCCCCCC(C)C)[C@@H](O)C[C@H]1O. The van der Waals surface area contributed by atoms with Gasteiger partial charge in [0.25, 0.3) is 0 Å². The average Bonchev–Trinajstić information content (AvgIpc) is 3.40. The number of hydrogen-bond donors (Lipinski definition) is 4. The molecule has 4 N–H and O–H groups in total. The first-order chi connectivity index (χ1) is 25.7. The Balaban J connectivity index is 2.01. The first kappa shape index (κ1) is 49.5. The lowest BCUT2D eigenvalue weighted by molar-refractivity contribution is -0.161. The van der Waals surface area contributed by atoms with Crippen LogP contribution in [0.15, 0.2) is 12.2 Å². The number of esters is 2. The molecule has 0 spiro atoms. The van der Waals surface area contributed by atoms with E-state index in [0.717, 1.165) is 70.1 Å². The summed E-state index contributed by atoms with van der Waals surface area (Å²) in [7, 11) is 0. The molecule has 0 aliphatic heterocycles. The highest BCUT2D eigenvalue weighted by molar-refractivity contribution is 5.70. The van der Waals surface area contributed by atoms with E-state index in [1.165, 1.54) is 89.9 Å². The Morgan fingerprint density at radius 2 is 1.15 bits per heavy atom. The third-order valence-electron chi connectivity index (χ3n) is 11.1. The van der Waals surface area contributed by atoms with Gasteiger partial charge in [-0.05, 0) is 37.5 Å². The fraction of sp³-hybridized carbons (Fsp3) is 0.911. The predicted octanol–water partition coefficient (Wildman–Crippen LogP) is 10.3. The molecule has 312 valence electrons. The van der Waals surface area contributed by atoms with Crippen LogP contribution >= 0.6 is 0 Å². The summed E-state index contributed by atoms with van der Waals surface area (Å²) in [6.45, 7) is 6.24. The summed E-state index contributed by atoms with van der Waals surface area (Å²) in [5.41, 5.74) is 0. The van der Waals surface area contributed by atoms with E-state index in [1.807, 2.05) is 6.08 Å². The first-order valence-corrected chi connectivity index (χ1v) is 22.4. The molecular weight excluding hydrogens is 668 g/mol. The van der Waals surface area contributed by atoms with Crippen LogP contribution < -0.4 is 0 Å². The molecule has 1 saturated carbocycles. The highest BCUT2D eigenvalue weighted by Crippen LogP contribution is 2.37. The van der Waals surface area contributed by atoms with E-state index in [9.17, 15) is 30.0 Å². The number of aliphatic hydroxyl groups excluding tert-OH is 4. The lowest BCUT2D eigenvalue weighted by atomic mass is 9.88. The van der Waals surface area contributed by atoms with Crippen LogP contribution in [-0.4, -0.2) is 70.0 Å². The maximum absolute atomic E-state index is 12.3. The molecular formula is C45H84O8. The highest BCUT2D eigenvalue weighted by atomic mass is 16.6. The molecule has 53 heavy (non-hydrogen) atoms. The summed E-state index contributed by atoms with van der Waals surface area (Å²) in [6.07, 6.45) is 32.0. The van der Waals surface area contributed by atoms with Crippen LogP contribution in [0, 0.1) is 17.8 Å². The van der Waals surface area contributed by atoms with Gasteiger partial charge in [0.2, 0.25) is 0 Å². The number of ether oxygens (including phenoxy) is 2. The predicted molar refractivity (Wildman–Crippen MR) is 216 cm³/mol. The Labute approximate surface area is 325 Å². The molecule has 8 nitrogen and oxygen atoms in total. The summed E-state index contributed by atoms with van der Waals surface area (Å²) < 4.78 is 10.6. The Hall–Kier alpha value is -1.48. The zero-order valence-corrected chi connectivity index (χ0v) is 34.5. The number of aliphatic hydroxyl groups is 4. The molecule has 0 aromatic rings. The molecule has 1 aliphatic carbocycles. The fourth-order valence-electron chi connectivity index (χ4n) is 7.66. The molecule has 8 heteroatoms. The Morgan fingerprint density at radius 1 is 0.660 bits per heavy atom. The van der Waals surface area contributed by atoms with Crippen molar-refractivity contribution >= 4 is 11.9 Å². The van der Waals surface area contributed by atoms with Crippen molar-refractivity contribution in [2.45, 2.75) is 231 Å². The van der Waals surface area contributed by atoms with Gasteiger partial charge in [0, 0.05) is 25.2 Å². The summed E-state index contributed by atoms with van der Waals surface area (Å²) in [5.74, 6) is -0.0565. The molecule has 0 unspecified atom stereocenters. The van der Waals surface area contributed by atoms with Gasteiger partial charge in [-0.25, -0.2) is 0 Å². The highest BCUT2D eigenvalue weighted by Gasteiger charge is 2.39. The van der Waals surface area contributed by atoms with Gasteiger partial charge in [0.1, 0.15) is 6.61 Å². The zero-order valence-electron chi connectivity index (χ0n) is 34.5. The van der Waals surface area contributed by atoms with Crippen LogP contribution in [-0.2, 0) is 19.1 Å². The van der Waals surface area contributed by atoms with Crippen LogP contribution in [0.5, 0.6) is 0 Å². The maximum atomic E-state index is 12.3. The largest absolute Gasteiger partial charge is 0.462 e. The van der Waals surface area contributed by atoms with Gasteiger partial charge >= 0.3 is 11.9 Å². The van der Waals surface area contributed by atoms with E-state index in [4.69, 9.17) is 9.47 Å². The van der Waals surface area contributed by atoms with Crippen molar-refractivity contribution in [1.82, 2.24) is 0 Å². The number of carbonyl (C=O) groups excluding carboxylic acids is 2. The van der Waals surface area contributed by atoms with Gasteiger partial charge in [-0.1, -0.05) is 174 Å². The molecule has 1 fully saturated rings. The number of rotatable bonds is 36. The lowest BCUT2D eigenvalue weighted by Crippen LogP contribution is -2.28. The van der Waals surface area contributed by atoms with Crippen molar-refractivity contribution in [3.8, 4) is 0 Å². The van der Waals surface area contributed by atoms with E-state index in [0.29, 0.717) is 25.7 Å². The molecule has 1 rings (SSSR count). The van der Waals surface area contributed by atoms with Crippen molar-refractivity contribution in [2.24, 2.45) is 17.8 Å². The number of hydrogen-bond acceptors (Lipinski definition) is 8. The third-order valence-corrected chi connectivity index (χ3v) is 11.1. The van der Waals surface area contributed by atoms with E-state index >= 15 is 0 Å². The Bertz CT molecular complexity index is 892. The molecule has 6 atom stereocenters. The Morgan fingerprint density at radius 3 is 1.68 bits per heavy atom. The minimum atomic E-state index is -0.835. The summed E-state index contributed by atoms with van der Waals surface area (Å²) >= 11 is 0. The second kappa shape index (κ2) is 33.8. The van der Waals surface area contributed by atoms with Crippen LogP contribution in [0.25, 0.3) is 0 Å². The normalized spacial score (nSPS) is 20.0. The molecule has 0 bridgehead atoms. The summed E-state index contributed by atoms with van der Waals surface area (Å²) in [4.78, 5) is 24.5. The monoisotopic (exact) mass is 753 g/mol. The van der Waals surface area contributed by atoms with Crippen molar-refractivity contribution in [3.63, 3.8) is 0 Å². The number of carbonyl (C=O) groups is 2. The molecule has 1 aliphatic rings. The first-order valence-electron chi connectivity index (χ1n) is 22.4. The molecule has 0 amide bonds. The number of unbranched alkanes of at least 4 members (excludes halogenated alkanes) is 20. The molecule has 0 heterocycles. The van der Waals surface area contributed by atoms with Gasteiger partial charge in [0.15, 0.2) is 6.10 Å². The van der Waals surface area contributed by atoms with Gasteiger partial charge < -0.3 is 29.9 Å². The van der Waals surface area contributed by atoms with Gasteiger partial charge in [0.05, 0.1) is 24.9 Å².